The molecule has 0 radical (unpaired) electrons. The summed E-state index contributed by atoms with van der Waals surface area (Å²) in [6, 6.07) is 21.1. The minimum absolute atomic E-state index is 0.0322. The first kappa shape index (κ1) is 23.7. The second kappa shape index (κ2) is 10.2. The molecule has 0 unspecified atom stereocenters. The van der Waals surface area contributed by atoms with Gasteiger partial charge in [0.05, 0.1) is 34.9 Å². The maximum absolute atomic E-state index is 13.3. The van der Waals surface area contributed by atoms with Gasteiger partial charge in [0.15, 0.2) is 0 Å². The van der Waals surface area contributed by atoms with E-state index in [1.54, 1.807) is 0 Å². The van der Waals surface area contributed by atoms with E-state index < -0.39 is 22.0 Å². The number of ether oxygens (including phenoxy) is 1. The second-order valence-corrected chi connectivity index (χ2v) is 10.2. The fourth-order valence-corrected chi connectivity index (χ4v) is 5.93. The Morgan fingerprint density at radius 2 is 1.42 bits per heavy atom. The Morgan fingerprint density at radius 1 is 0.879 bits per heavy atom. The lowest BCUT2D eigenvalue weighted by Gasteiger charge is -2.26. The van der Waals surface area contributed by atoms with Crippen LogP contribution in [0.1, 0.15) is 27.5 Å². The van der Waals surface area contributed by atoms with Crippen LogP contribution >= 0.6 is 23.2 Å². The molecule has 0 saturated carbocycles. The Labute approximate surface area is 203 Å². The van der Waals surface area contributed by atoms with Crippen LogP contribution in [0.3, 0.4) is 0 Å². The fourth-order valence-electron chi connectivity index (χ4n) is 3.69. The Hall–Kier alpha value is -2.42. The second-order valence-electron chi connectivity index (χ2n) is 7.51. The normalized spacial score (nSPS) is 14.9. The standard InChI is InChI=1S/C24H22Cl2N2O4S/c25-20-16-21(26)22(33(30,31)28-11-13-32-14-12-28)15-19(20)24(29)27-23(17-7-3-1-4-8-17)18-9-5-2-6-10-18/h1-10,15-16,23H,11-14H2,(H,27,29). The van der Waals surface area contributed by atoms with Gasteiger partial charge >= 0.3 is 0 Å². The summed E-state index contributed by atoms with van der Waals surface area (Å²) < 4.78 is 32.9. The van der Waals surface area contributed by atoms with Gasteiger partial charge in [-0.3, -0.25) is 4.79 Å². The molecule has 3 aromatic rings. The van der Waals surface area contributed by atoms with Gasteiger partial charge < -0.3 is 10.1 Å². The van der Waals surface area contributed by atoms with Crippen LogP contribution in [0.25, 0.3) is 0 Å². The van der Waals surface area contributed by atoms with Crippen molar-refractivity contribution in [2.75, 3.05) is 26.3 Å². The van der Waals surface area contributed by atoms with E-state index in [4.69, 9.17) is 27.9 Å². The van der Waals surface area contributed by atoms with Gasteiger partial charge in [-0.25, -0.2) is 8.42 Å². The zero-order valence-electron chi connectivity index (χ0n) is 17.6. The van der Waals surface area contributed by atoms with Crippen molar-refractivity contribution in [1.29, 1.82) is 0 Å². The third-order valence-corrected chi connectivity index (χ3v) is 8.07. The highest BCUT2D eigenvalue weighted by atomic mass is 35.5. The van der Waals surface area contributed by atoms with Crippen LogP contribution < -0.4 is 5.32 Å². The summed E-state index contributed by atoms with van der Waals surface area (Å²) >= 11 is 12.6. The van der Waals surface area contributed by atoms with Crippen molar-refractivity contribution >= 4 is 39.1 Å². The van der Waals surface area contributed by atoms with E-state index in [0.717, 1.165) is 11.1 Å². The van der Waals surface area contributed by atoms with Gasteiger partial charge in [0.2, 0.25) is 10.0 Å². The predicted octanol–water partition coefficient (Wildman–Crippen LogP) is 4.53. The number of carbonyl (C=O) groups is 1. The van der Waals surface area contributed by atoms with Crippen LogP contribution in [0, 0.1) is 0 Å². The summed E-state index contributed by atoms with van der Waals surface area (Å²) in [7, 11) is -3.92. The molecular formula is C24H22Cl2N2O4S. The Bertz CT molecular complexity index is 1190. The quantitative estimate of drug-likeness (QED) is 0.534. The summed E-state index contributed by atoms with van der Waals surface area (Å²) in [6.45, 7) is 1.03. The third kappa shape index (κ3) is 5.23. The summed E-state index contributed by atoms with van der Waals surface area (Å²) in [5, 5.41) is 3.02. The molecule has 1 aliphatic heterocycles. The van der Waals surface area contributed by atoms with Crippen LogP contribution in [0.15, 0.2) is 77.7 Å². The molecule has 172 valence electrons. The van der Waals surface area contributed by atoms with Crippen LogP contribution in [-0.2, 0) is 14.8 Å². The number of morpholine rings is 1. The Balaban J connectivity index is 1.69. The number of carbonyl (C=O) groups excluding carboxylic acids is 1. The largest absolute Gasteiger partial charge is 0.379 e. The van der Waals surface area contributed by atoms with Gasteiger partial charge in [0.1, 0.15) is 4.90 Å². The summed E-state index contributed by atoms with van der Waals surface area (Å²) in [6.07, 6.45) is 0. The number of halogens is 2. The first-order chi connectivity index (χ1) is 15.9. The summed E-state index contributed by atoms with van der Waals surface area (Å²) in [5.74, 6) is -0.507. The van der Waals surface area contributed by atoms with Gasteiger partial charge in [0, 0.05) is 13.1 Å². The molecule has 1 heterocycles. The van der Waals surface area contributed by atoms with Crippen molar-refractivity contribution in [3.8, 4) is 0 Å². The highest BCUT2D eigenvalue weighted by Gasteiger charge is 2.30. The molecule has 9 heteroatoms. The molecule has 1 N–H and O–H groups in total. The van der Waals surface area contributed by atoms with Crippen LogP contribution in [0.2, 0.25) is 10.0 Å². The van der Waals surface area contributed by atoms with Gasteiger partial charge in [-0.2, -0.15) is 4.31 Å². The minimum atomic E-state index is -3.92. The first-order valence-electron chi connectivity index (χ1n) is 10.4. The summed E-state index contributed by atoms with van der Waals surface area (Å²) in [4.78, 5) is 13.2. The minimum Gasteiger partial charge on any atom is -0.379 e. The number of rotatable bonds is 6. The molecule has 3 aromatic carbocycles. The fraction of sp³-hybridized carbons (Fsp3) is 0.208. The number of amides is 1. The van der Waals surface area contributed by atoms with Gasteiger partial charge in [-0.1, -0.05) is 83.9 Å². The molecule has 1 fully saturated rings. The van der Waals surface area contributed by atoms with Crippen LogP contribution in [0.5, 0.6) is 0 Å². The molecule has 1 aliphatic rings. The lowest BCUT2D eigenvalue weighted by atomic mass is 9.98. The summed E-state index contributed by atoms with van der Waals surface area (Å²) in [5.41, 5.74) is 1.79. The molecule has 1 amide bonds. The number of sulfonamides is 1. The topological polar surface area (TPSA) is 75.7 Å². The van der Waals surface area contributed by atoms with Crippen molar-refractivity contribution < 1.29 is 17.9 Å². The SMILES string of the molecule is O=C(NC(c1ccccc1)c1ccccc1)c1cc(S(=O)(=O)N2CCOCC2)c(Cl)cc1Cl. The molecule has 0 aliphatic carbocycles. The van der Waals surface area contributed by atoms with Crippen molar-refractivity contribution in [3.63, 3.8) is 0 Å². The highest BCUT2D eigenvalue weighted by Crippen LogP contribution is 2.32. The highest BCUT2D eigenvalue weighted by molar-refractivity contribution is 7.89. The molecule has 33 heavy (non-hydrogen) atoms. The van der Waals surface area contributed by atoms with E-state index in [-0.39, 0.29) is 33.6 Å². The monoisotopic (exact) mass is 504 g/mol. The van der Waals surface area contributed by atoms with Crippen molar-refractivity contribution in [2.24, 2.45) is 0 Å². The van der Waals surface area contributed by atoms with E-state index in [9.17, 15) is 13.2 Å². The first-order valence-corrected chi connectivity index (χ1v) is 12.6. The van der Waals surface area contributed by atoms with E-state index in [2.05, 4.69) is 5.32 Å². The van der Waals surface area contributed by atoms with Gasteiger partial charge in [-0.05, 0) is 23.3 Å². The van der Waals surface area contributed by atoms with Crippen molar-refractivity contribution in [1.82, 2.24) is 9.62 Å². The number of nitrogens with zero attached hydrogens (tertiary/aromatic N) is 1. The van der Waals surface area contributed by atoms with Crippen molar-refractivity contribution in [3.05, 3.63) is 99.5 Å². The Kier molecular flexibility index (Phi) is 7.36. The van der Waals surface area contributed by atoms with E-state index in [1.165, 1.54) is 16.4 Å². The molecule has 0 atom stereocenters. The molecule has 4 rings (SSSR count). The maximum atomic E-state index is 13.3. The molecule has 0 bridgehead atoms. The number of nitrogens with one attached hydrogen (secondary N) is 1. The maximum Gasteiger partial charge on any atom is 0.253 e. The smallest absolute Gasteiger partial charge is 0.253 e. The van der Waals surface area contributed by atoms with Gasteiger partial charge in [0.25, 0.3) is 5.91 Å². The molecule has 1 saturated heterocycles. The predicted molar refractivity (Wildman–Crippen MR) is 128 cm³/mol. The average Bonchev–Trinajstić information content (AvgIpc) is 2.84. The third-order valence-electron chi connectivity index (χ3n) is 5.40. The zero-order valence-corrected chi connectivity index (χ0v) is 19.9. The van der Waals surface area contributed by atoms with E-state index >= 15 is 0 Å². The zero-order chi connectivity index (χ0) is 23.4. The number of benzene rings is 3. The molecular weight excluding hydrogens is 483 g/mol. The molecule has 0 spiro atoms. The lowest BCUT2D eigenvalue weighted by Crippen LogP contribution is -2.40. The Morgan fingerprint density at radius 3 is 1.97 bits per heavy atom. The molecule has 6 nitrogen and oxygen atoms in total. The van der Waals surface area contributed by atoms with Gasteiger partial charge in [-0.15, -0.1) is 0 Å². The van der Waals surface area contributed by atoms with Crippen LogP contribution in [0.4, 0.5) is 0 Å². The van der Waals surface area contributed by atoms with Crippen molar-refractivity contribution in [2.45, 2.75) is 10.9 Å². The number of hydrogen-bond donors (Lipinski definition) is 1. The molecule has 0 aromatic heterocycles. The van der Waals surface area contributed by atoms with E-state index in [1.807, 2.05) is 60.7 Å². The van der Waals surface area contributed by atoms with Crippen LogP contribution in [-0.4, -0.2) is 44.9 Å². The lowest BCUT2D eigenvalue weighted by molar-refractivity contribution is 0.0730. The number of hydrogen-bond acceptors (Lipinski definition) is 4. The average molecular weight is 505 g/mol. The van der Waals surface area contributed by atoms with E-state index in [0.29, 0.717) is 13.2 Å².